The quantitative estimate of drug-likeness (QED) is 0.618. The van der Waals surface area contributed by atoms with Crippen molar-refractivity contribution in [3.63, 3.8) is 0 Å². The Bertz CT molecular complexity index is 733. The summed E-state index contributed by atoms with van der Waals surface area (Å²) in [5.74, 6) is -0.185. The van der Waals surface area contributed by atoms with Crippen molar-refractivity contribution < 1.29 is 9.53 Å². The minimum atomic E-state index is -0.111. The van der Waals surface area contributed by atoms with E-state index in [4.69, 9.17) is 17.0 Å². The molecule has 0 saturated carbocycles. The fraction of sp³-hybridized carbons (Fsp3) is 0.611. The van der Waals surface area contributed by atoms with E-state index < -0.39 is 0 Å². The Morgan fingerprint density at radius 3 is 2.71 bits per heavy atom. The Morgan fingerprint density at radius 2 is 2.08 bits per heavy atom. The molecule has 0 aromatic carbocycles. The van der Waals surface area contributed by atoms with Gasteiger partial charge in [0.1, 0.15) is 10.7 Å². The maximum absolute atomic E-state index is 12.0. The van der Waals surface area contributed by atoms with Crippen LogP contribution in [0.3, 0.4) is 0 Å². The summed E-state index contributed by atoms with van der Waals surface area (Å²) in [6.45, 7) is 10.5. The normalized spacial score (nSPS) is 18.2. The van der Waals surface area contributed by atoms with E-state index >= 15 is 0 Å². The van der Waals surface area contributed by atoms with Gasteiger partial charge in [-0.1, -0.05) is 12.2 Å². The molecule has 130 valence electrons. The van der Waals surface area contributed by atoms with Crippen molar-refractivity contribution in [2.45, 2.75) is 47.2 Å². The predicted molar refractivity (Wildman–Crippen MR) is 95.1 cm³/mol. The summed E-state index contributed by atoms with van der Waals surface area (Å²) in [5.41, 5.74) is 3.71. The molecule has 0 radical (unpaired) electrons. The molecule has 0 unspecified atom stereocenters. The topological polar surface area (TPSA) is 58.3 Å². The lowest BCUT2D eigenvalue weighted by molar-refractivity contribution is -0.150. The van der Waals surface area contributed by atoms with Crippen molar-refractivity contribution in [3.05, 3.63) is 27.0 Å². The van der Waals surface area contributed by atoms with Crippen LogP contribution in [0, 0.1) is 42.7 Å². The molecular formula is C18H25N3O2S. The molecule has 1 fully saturated rings. The van der Waals surface area contributed by atoms with Crippen LogP contribution in [-0.4, -0.2) is 35.1 Å². The smallest absolute Gasteiger partial charge is 0.310 e. The minimum absolute atomic E-state index is 0.0739. The molecular weight excluding hydrogens is 322 g/mol. The van der Waals surface area contributed by atoms with E-state index in [9.17, 15) is 10.1 Å². The van der Waals surface area contributed by atoms with Crippen LogP contribution in [0.2, 0.25) is 0 Å². The number of hydrogen-bond donors (Lipinski definition) is 0. The maximum atomic E-state index is 12.0. The summed E-state index contributed by atoms with van der Waals surface area (Å²) in [5, 5.41) is 9.41. The first-order chi connectivity index (χ1) is 11.4. The Hall–Kier alpha value is -1.71. The second-order valence-electron chi connectivity index (χ2n) is 6.37. The summed E-state index contributed by atoms with van der Waals surface area (Å²) < 4.78 is 7.76. The molecule has 2 rings (SSSR count). The number of likely N-dealkylation sites (tertiary alicyclic amines) is 1. The molecule has 0 amide bonds. The van der Waals surface area contributed by atoms with Crippen LogP contribution < -0.4 is 0 Å². The second-order valence-corrected chi connectivity index (χ2v) is 6.75. The van der Waals surface area contributed by atoms with Crippen molar-refractivity contribution in [1.82, 2.24) is 9.47 Å². The number of pyridine rings is 1. The van der Waals surface area contributed by atoms with Crippen molar-refractivity contribution >= 4 is 18.2 Å². The highest BCUT2D eigenvalue weighted by Gasteiger charge is 2.27. The summed E-state index contributed by atoms with van der Waals surface area (Å²) in [4.78, 5) is 14.2. The molecule has 1 aliphatic heterocycles. The van der Waals surface area contributed by atoms with E-state index in [1.54, 1.807) is 0 Å². The molecule has 0 N–H and O–H groups in total. The zero-order chi connectivity index (χ0) is 17.9. The number of ether oxygens (including phenoxy) is 1. The van der Waals surface area contributed by atoms with Gasteiger partial charge in [-0.15, -0.1) is 0 Å². The average molecular weight is 347 g/mol. The third kappa shape index (κ3) is 3.68. The second kappa shape index (κ2) is 7.91. The third-order valence-electron chi connectivity index (χ3n) is 4.92. The molecule has 1 aromatic heterocycles. The maximum Gasteiger partial charge on any atom is 0.310 e. The number of rotatable bonds is 4. The lowest BCUT2D eigenvalue weighted by atomic mass is 9.98. The van der Waals surface area contributed by atoms with E-state index in [1.165, 1.54) is 0 Å². The van der Waals surface area contributed by atoms with Gasteiger partial charge in [0.05, 0.1) is 24.8 Å². The first kappa shape index (κ1) is 18.6. The SMILES string of the molecule is CCOC(=O)[C@H]1CCCN(Cn2c(C)c(C)c(C)c(C#N)c2=S)C1. The predicted octanol–water partition coefficient (Wildman–Crippen LogP) is 3.25. The summed E-state index contributed by atoms with van der Waals surface area (Å²) in [7, 11) is 0. The standard InChI is InChI=1S/C18H25N3O2S/c1-5-23-18(22)15-7-6-8-20(10-15)11-21-14(4)12(2)13(3)16(9-19)17(21)24/h15H,5-8,10-11H2,1-4H3/t15-/m0/s1. The molecule has 1 aromatic rings. The van der Waals surface area contributed by atoms with Crippen LogP contribution in [0.1, 0.15) is 42.1 Å². The molecule has 1 saturated heterocycles. The van der Waals surface area contributed by atoms with Gasteiger partial charge < -0.3 is 9.30 Å². The van der Waals surface area contributed by atoms with Gasteiger partial charge in [0.15, 0.2) is 0 Å². The number of carbonyl (C=O) groups excluding carboxylic acids is 1. The minimum Gasteiger partial charge on any atom is -0.466 e. The van der Waals surface area contributed by atoms with Gasteiger partial charge in [0.2, 0.25) is 0 Å². The fourth-order valence-electron chi connectivity index (χ4n) is 3.25. The number of aromatic nitrogens is 1. The molecule has 5 nitrogen and oxygen atoms in total. The van der Waals surface area contributed by atoms with Gasteiger partial charge in [-0.2, -0.15) is 5.26 Å². The van der Waals surface area contributed by atoms with Gasteiger partial charge >= 0.3 is 5.97 Å². The lowest BCUT2D eigenvalue weighted by Crippen LogP contribution is -2.40. The Labute approximate surface area is 148 Å². The van der Waals surface area contributed by atoms with E-state index in [1.807, 2.05) is 32.3 Å². The van der Waals surface area contributed by atoms with Gasteiger partial charge in [0, 0.05) is 12.2 Å². The monoisotopic (exact) mass is 347 g/mol. The number of nitrogens with zero attached hydrogens (tertiary/aromatic N) is 3. The van der Waals surface area contributed by atoms with Gasteiger partial charge in [-0.3, -0.25) is 9.69 Å². The molecule has 1 aliphatic rings. The van der Waals surface area contributed by atoms with Crippen molar-refractivity contribution in [2.24, 2.45) is 5.92 Å². The lowest BCUT2D eigenvalue weighted by Gasteiger charge is -2.33. The van der Waals surface area contributed by atoms with Crippen LogP contribution in [-0.2, 0) is 16.2 Å². The Morgan fingerprint density at radius 1 is 1.38 bits per heavy atom. The van der Waals surface area contributed by atoms with Gasteiger partial charge in [-0.25, -0.2) is 0 Å². The molecule has 1 atom stereocenters. The molecule has 0 spiro atoms. The first-order valence-electron chi connectivity index (χ1n) is 8.40. The summed E-state index contributed by atoms with van der Waals surface area (Å²) in [6, 6.07) is 2.24. The van der Waals surface area contributed by atoms with Gasteiger partial charge in [0.25, 0.3) is 0 Å². The van der Waals surface area contributed by atoms with Crippen molar-refractivity contribution in [2.75, 3.05) is 19.7 Å². The summed E-state index contributed by atoms with van der Waals surface area (Å²) in [6.07, 6.45) is 1.84. The zero-order valence-electron chi connectivity index (χ0n) is 14.9. The molecule has 0 bridgehead atoms. The number of nitriles is 1. The summed E-state index contributed by atoms with van der Waals surface area (Å²) >= 11 is 5.54. The Balaban J connectivity index is 2.25. The van der Waals surface area contributed by atoms with E-state index in [2.05, 4.69) is 11.0 Å². The molecule has 6 heteroatoms. The van der Waals surface area contributed by atoms with Crippen LogP contribution in [0.15, 0.2) is 0 Å². The van der Waals surface area contributed by atoms with Crippen molar-refractivity contribution in [3.8, 4) is 6.07 Å². The fourth-order valence-corrected chi connectivity index (χ4v) is 3.64. The zero-order valence-corrected chi connectivity index (χ0v) is 15.7. The highest BCUT2D eigenvalue weighted by atomic mass is 32.1. The van der Waals surface area contributed by atoms with Crippen LogP contribution >= 0.6 is 12.2 Å². The first-order valence-corrected chi connectivity index (χ1v) is 8.81. The average Bonchev–Trinajstić information content (AvgIpc) is 2.58. The van der Waals surface area contributed by atoms with Crippen LogP contribution in [0.5, 0.6) is 0 Å². The number of carbonyl (C=O) groups is 1. The third-order valence-corrected chi connectivity index (χ3v) is 5.35. The van der Waals surface area contributed by atoms with Crippen LogP contribution in [0.4, 0.5) is 0 Å². The largest absolute Gasteiger partial charge is 0.466 e. The van der Waals surface area contributed by atoms with E-state index in [0.717, 1.165) is 36.2 Å². The van der Waals surface area contributed by atoms with Crippen LogP contribution in [0.25, 0.3) is 0 Å². The van der Waals surface area contributed by atoms with E-state index in [0.29, 0.717) is 30.0 Å². The van der Waals surface area contributed by atoms with Crippen molar-refractivity contribution in [1.29, 1.82) is 5.26 Å². The number of piperidine rings is 1. The molecule has 24 heavy (non-hydrogen) atoms. The van der Waals surface area contributed by atoms with E-state index in [-0.39, 0.29) is 11.9 Å². The molecule has 2 heterocycles. The van der Waals surface area contributed by atoms with Gasteiger partial charge in [-0.05, 0) is 58.2 Å². The Kier molecular flexibility index (Phi) is 6.14. The highest BCUT2D eigenvalue weighted by molar-refractivity contribution is 7.71. The molecule has 0 aliphatic carbocycles. The number of esters is 1. The highest BCUT2D eigenvalue weighted by Crippen LogP contribution is 2.22. The number of hydrogen-bond acceptors (Lipinski definition) is 5.